The quantitative estimate of drug-likeness (QED) is 0.782. The molecule has 0 radical (unpaired) electrons. The van der Waals surface area contributed by atoms with Crippen molar-refractivity contribution in [3.05, 3.63) is 29.3 Å². The van der Waals surface area contributed by atoms with Crippen molar-refractivity contribution in [1.29, 1.82) is 0 Å². The third-order valence-corrected chi connectivity index (χ3v) is 4.55. The summed E-state index contributed by atoms with van der Waals surface area (Å²) in [7, 11) is 3.32. The van der Waals surface area contributed by atoms with Crippen LogP contribution in [0.4, 0.5) is 0 Å². The molecule has 1 saturated heterocycles. The summed E-state index contributed by atoms with van der Waals surface area (Å²) in [5.74, 6) is 0.454. The molecule has 2 aliphatic rings. The number of aliphatic carboxylic acids is 1. The molecule has 2 heterocycles. The molecule has 1 amide bonds. The molecule has 0 bridgehead atoms. The van der Waals surface area contributed by atoms with Crippen LogP contribution in [-0.4, -0.2) is 86.4 Å². The smallest absolute Gasteiger partial charge is 0.317 e. The van der Waals surface area contributed by atoms with Crippen molar-refractivity contribution in [3.63, 3.8) is 0 Å². The Kier molecular flexibility index (Phi) is 5.98. The SMILES string of the molecule is COc1ccc2c(c1)C=C(C(=O)N1CCO[C@@H](CN(C)CC(=O)O)C1)CO2. The number of carbonyl (C=O) groups excluding carboxylic acids is 1. The van der Waals surface area contributed by atoms with Crippen LogP contribution in [0.25, 0.3) is 6.08 Å². The summed E-state index contributed by atoms with van der Waals surface area (Å²) in [6.07, 6.45) is 1.62. The van der Waals surface area contributed by atoms with E-state index in [1.165, 1.54) is 0 Å². The zero-order valence-electron chi connectivity index (χ0n) is 15.5. The first-order valence-electron chi connectivity index (χ1n) is 8.79. The van der Waals surface area contributed by atoms with Gasteiger partial charge in [0.2, 0.25) is 0 Å². The Labute approximate surface area is 157 Å². The average Bonchev–Trinajstić information content (AvgIpc) is 2.66. The van der Waals surface area contributed by atoms with Crippen LogP contribution in [0, 0.1) is 0 Å². The number of hydrogen-bond acceptors (Lipinski definition) is 6. The molecule has 1 N–H and O–H groups in total. The number of hydrogen-bond donors (Lipinski definition) is 1. The number of likely N-dealkylation sites (N-methyl/N-ethyl adjacent to an activating group) is 1. The molecule has 1 aromatic rings. The fourth-order valence-corrected chi connectivity index (χ4v) is 3.27. The molecule has 2 aliphatic heterocycles. The lowest BCUT2D eigenvalue weighted by Crippen LogP contribution is -2.50. The van der Waals surface area contributed by atoms with Crippen molar-refractivity contribution in [2.24, 2.45) is 0 Å². The summed E-state index contributed by atoms with van der Waals surface area (Å²) < 4.78 is 16.6. The van der Waals surface area contributed by atoms with E-state index < -0.39 is 5.97 Å². The van der Waals surface area contributed by atoms with Crippen LogP contribution in [0.15, 0.2) is 23.8 Å². The molecule has 1 aromatic carbocycles. The minimum atomic E-state index is -0.889. The Bertz CT molecular complexity index is 748. The van der Waals surface area contributed by atoms with E-state index >= 15 is 0 Å². The highest BCUT2D eigenvalue weighted by molar-refractivity contribution is 5.99. The maximum Gasteiger partial charge on any atom is 0.317 e. The molecule has 3 rings (SSSR count). The number of morpholine rings is 1. The zero-order chi connectivity index (χ0) is 19.4. The Morgan fingerprint density at radius 3 is 2.96 bits per heavy atom. The van der Waals surface area contributed by atoms with Crippen molar-refractivity contribution < 1.29 is 28.9 Å². The van der Waals surface area contributed by atoms with Gasteiger partial charge in [-0.1, -0.05) is 0 Å². The third kappa shape index (κ3) is 4.78. The summed E-state index contributed by atoms with van der Waals surface area (Å²) in [5, 5.41) is 8.86. The maximum absolute atomic E-state index is 12.9. The van der Waals surface area contributed by atoms with Crippen molar-refractivity contribution in [1.82, 2.24) is 9.80 Å². The minimum Gasteiger partial charge on any atom is -0.497 e. The lowest BCUT2D eigenvalue weighted by Gasteiger charge is -2.35. The molecule has 0 unspecified atom stereocenters. The molecule has 1 fully saturated rings. The van der Waals surface area contributed by atoms with Gasteiger partial charge >= 0.3 is 5.97 Å². The van der Waals surface area contributed by atoms with Gasteiger partial charge in [-0.05, 0) is 31.3 Å². The summed E-state index contributed by atoms with van der Waals surface area (Å²) >= 11 is 0. The number of amides is 1. The van der Waals surface area contributed by atoms with Gasteiger partial charge in [0.25, 0.3) is 5.91 Å². The van der Waals surface area contributed by atoms with Gasteiger partial charge in [0.05, 0.1) is 31.9 Å². The van der Waals surface area contributed by atoms with Gasteiger partial charge in [-0.15, -0.1) is 0 Å². The van der Waals surface area contributed by atoms with Gasteiger partial charge in [0.15, 0.2) is 0 Å². The highest BCUT2D eigenvalue weighted by Crippen LogP contribution is 2.30. The number of carboxylic acid groups (broad SMARTS) is 1. The fraction of sp³-hybridized carbons (Fsp3) is 0.474. The van der Waals surface area contributed by atoms with Gasteiger partial charge in [-0.2, -0.15) is 0 Å². The first-order valence-corrected chi connectivity index (χ1v) is 8.79. The van der Waals surface area contributed by atoms with Crippen LogP contribution in [0.2, 0.25) is 0 Å². The fourth-order valence-electron chi connectivity index (χ4n) is 3.27. The standard InChI is InChI=1S/C19H24N2O6/c1-20(11-18(22)23)9-16-10-21(5-6-26-16)19(24)14-7-13-8-15(25-2)3-4-17(13)27-12-14/h3-4,7-8,16H,5-6,9-12H2,1-2H3,(H,22,23)/t16-/m0/s1. The molecule has 27 heavy (non-hydrogen) atoms. The molecule has 146 valence electrons. The highest BCUT2D eigenvalue weighted by Gasteiger charge is 2.28. The minimum absolute atomic E-state index is 0.0641. The largest absolute Gasteiger partial charge is 0.497 e. The van der Waals surface area contributed by atoms with E-state index in [1.54, 1.807) is 24.0 Å². The van der Waals surface area contributed by atoms with E-state index in [4.69, 9.17) is 19.3 Å². The molecular formula is C19H24N2O6. The van der Waals surface area contributed by atoms with Crippen LogP contribution >= 0.6 is 0 Å². The number of fused-ring (bicyclic) bond motifs is 1. The van der Waals surface area contributed by atoms with Crippen LogP contribution in [0.5, 0.6) is 11.5 Å². The predicted octanol–water partition coefficient (Wildman–Crippen LogP) is 0.715. The van der Waals surface area contributed by atoms with Gasteiger partial charge in [-0.3, -0.25) is 14.5 Å². The Balaban J connectivity index is 1.66. The van der Waals surface area contributed by atoms with Crippen LogP contribution in [0.1, 0.15) is 5.56 Å². The molecule has 0 aliphatic carbocycles. The second-order valence-corrected chi connectivity index (χ2v) is 6.70. The van der Waals surface area contributed by atoms with Crippen molar-refractivity contribution >= 4 is 18.0 Å². The lowest BCUT2D eigenvalue weighted by atomic mass is 10.1. The van der Waals surface area contributed by atoms with Gasteiger partial charge < -0.3 is 24.2 Å². The lowest BCUT2D eigenvalue weighted by molar-refractivity contribution is -0.140. The van der Waals surface area contributed by atoms with E-state index in [0.717, 1.165) is 11.3 Å². The van der Waals surface area contributed by atoms with E-state index in [9.17, 15) is 9.59 Å². The van der Waals surface area contributed by atoms with E-state index in [1.807, 2.05) is 24.3 Å². The Morgan fingerprint density at radius 1 is 1.41 bits per heavy atom. The van der Waals surface area contributed by atoms with Crippen LogP contribution < -0.4 is 9.47 Å². The number of rotatable bonds is 6. The van der Waals surface area contributed by atoms with Crippen LogP contribution in [0.3, 0.4) is 0 Å². The first kappa shape index (κ1) is 19.2. The zero-order valence-corrected chi connectivity index (χ0v) is 15.5. The maximum atomic E-state index is 12.9. The summed E-state index contributed by atoms with van der Waals surface area (Å²) in [5.41, 5.74) is 1.39. The molecule has 0 saturated carbocycles. The second-order valence-electron chi connectivity index (χ2n) is 6.70. The monoisotopic (exact) mass is 376 g/mol. The van der Waals surface area contributed by atoms with Crippen molar-refractivity contribution in [2.45, 2.75) is 6.10 Å². The van der Waals surface area contributed by atoms with Crippen molar-refractivity contribution in [3.8, 4) is 11.5 Å². The molecule has 0 spiro atoms. The molecule has 8 nitrogen and oxygen atoms in total. The molecule has 8 heteroatoms. The number of methoxy groups -OCH3 is 1. The molecule has 1 atom stereocenters. The van der Waals surface area contributed by atoms with Gasteiger partial charge in [0, 0.05) is 25.2 Å². The summed E-state index contributed by atoms with van der Waals surface area (Å²) in [6, 6.07) is 5.49. The molecular weight excluding hydrogens is 352 g/mol. The molecule has 0 aromatic heterocycles. The van der Waals surface area contributed by atoms with Gasteiger partial charge in [-0.25, -0.2) is 0 Å². The first-order chi connectivity index (χ1) is 13.0. The number of carboxylic acids is 1. The predicted molar refractivity (Wildman–Crippen MR) is 97.9 cm³/mol. The number of nitrogens with zero attached hydrogens (tertiary/aromatic N) is 2. The normalized spacial score (nSPS) is 19.1. The average molecular weight is 376 g/mol. The Hall–Kier alpha value is -2.58. The number of carbonyl (C=O) groups is 2. The summed E-state index contributed by atoms with van der Waals surface area (Å²) in [4.78, 5) is 27.1. The third-order valence-electron chi connectivity index (χ3n) is 4.55. The Morgan fingerprint density at radius 2 is 2.22 bits per heavy atom. The van der Waals surface area contributed by atoms with Crippen LogP contribution in [-0.2, 0) is 14.3 Å². The summed E-state index contributed by atoms with van der Waals surface area (Å²) in [6.45, 7) is 1.96. The van der Waals surface area contributed by atoms with E-state index in [-0.39, 0.29) is 25.2 Å². The van der Waals surface area contributed by atoms with E-state index in [2.05, 4.69) is 0 Å². The second kappa shape index (κ2) is 8.41. The van der Waals surface area contributed by atoms with Crippen molar-refractivity contribution in [2.75, 3.05) is 53.6 Å². The number of ether oxygens (including phenoxy) is 3. The number of benzene rings is 1. The van der Waals surface area contributed by atoms with Gasteiger partial charge in [0.1, 0.15) is 18.1 Å². The van der Waals surface area contributed by atoms with E-state index in [0.29, 0.717) is 37.6 Å². The topological polar surface area (TPSA) is 88.5 Å². The highest BCUT2D eigenvalue weighted by atomic mass is 16.5.